The SMILES string of the molecule is [CH2]C(CCOC=Cc1ccccc1)[N+](C)(C)C. The lowest BCUT2D eigenvalue weighted by Gasteiger charge is -2.31. The largest absolute Gasteiger partial charge is 0.501 e. The Morgan fingerprint density at radius 3 is 2.47 bits per heavy atom. The number of hydrogen-bond donors (Lipinski definition) is 0. The van der Waals surface area contributed by atoms with Crippen molar-refractivity contribution in [2.45, 2.75) is 12.5 Å². The van der Waals surface area contributed by atoms with Crippen LogP contribution >= 0.6 is 0 Å². The fraction of sp³-hybridized carbons (Fsp3) is 0.400. The molecule has 2 heteroatoms. The van der Waals surface area contributed by atoms with Gasteiger partial charge in [-0.25, -0.2) is 0 Å². The topological polar surface area (TPSA) is 9.23 Å². The minimum absolute atomic E-state index is 0.361. The Bertz CT molecular complexity index is 338. The molecule has 0 bridgehead atoms. The van der Waals surface area contributed by atoms with E-state index in [0.717, 1.165) is 16.5 Å². The number of nitrogens with zero attached hydrogens (tertiary/aromatic N) is 1. The summed E-state index contributed by atoms with van der Waals surface area (Å²) in [5, 5.41) is 0. The second kappa shape index (κ2) is 6.45. The van der Waals surface area contributed by atoms with Crippen molar-refractivity contribution >= 4 is 6.08 Å². The Balaban J connectivity index is 2.23. The van der Waals surface area contributed by atoms with Gasteiger partial charge in [0.2, 0.25) is 0 Å². The lowest BCUT2D eigenvalue weighted by Crippen LogP contribution is -2.43. The summed E-state index contributed by atoms with van der Waals surface area (Å²) in [5.41, 5.74) is 1.16. The highest BCUT2D eigenvalue weighted by Gasteiger charge is 2.17. The van der Waals surface area contributed by atoms with Gasteiger partial charge in [-0.05, 0) is 11.6 Å². The van der Waals surface area contributed by atoms with Crippen molar-refractivity contribution in [2.75, 3.05) is 27.7 Å². The zero-order valence-corrected chi connectivity index (χ0v) is 11.1. The maximum atomic E-state index is 5.47. The van der Waals surface area contributed by atoms with Crippen molar-refractivity contribution in [3.05, 3.63) is 49.1 Å². The second-order valence-electron chi connectivity index (χ2n) is 5.14. The molecule has 0 N–H and O–H groups in total. The summed E-state index contributed by atoms with van der Waals surface area (Å²) in [7, 11) is 6.45. The quantitative estimate of drug-likeness (QED) is 0.417. The Hall–Kier alpha value is -1.28. The molecule has 93 valence electrons. The highest BCUT2D eigenvalue weighted by Crippen LogP contribution is 2.06. The molecule has 17 heavy (non-hydrogen) atoms. The third-order valence-electron chi connectivity index (χ3n) is 2.82. The van der Waals surface area contributed by atoms with Gasteiger partial charge in [0.05, 0.1) is 40.1 Å². The Morgan fingerprint density at radius 2 is 1.88 bits per heavy atom. The van der Waals surface area contributed by atoms with Crippen LogP contribution in [0, 0.1) is 6.92 Å². The van der Waals surface area contributed by atoms with E-state index in [0.29, 0.717) is 12.6 Å². The van der Waals surface area contributed by atoms with E-state index in [2.05, 4.69) is 40.2 Å². The highest BCUT2D eigenvalue weighted by atomic mass is 16.5. The summed E-state index contributed by atoms with van der Waals surface area (Å²) in [5.74, 6) is 0. The van der Waals surface area contributed by atoms with Crippen LogP contribution in [0.25, 0.3) is 6.08 Å². The van der Waals surface area contributed by atoms with Crippen LogP contribution in [0.1, 0.15) is 12.0 Å². The van der Waals surface area contributed by atoms with E-state index in [1.54, 1.807) is 6.26 Å². The molecule has 0 aromatic heterocycles. The predicted molar refractivity (Wildman–Crippen MR) is 73.2 cm³/mol. The first-order valence-electron chi connectivity index (χ1n) is 5.97. The average Bonchev–Trinajstić information content (AvgIpc) is 2.28. The van der Waals surface area contributed by atoms with E-state index in [1.807, 2.05) is 24.3 Å². The molecule has 0 saturated heterocycles. The van der Waals surface area contributed by atoms with Gasteiger partial charge in [0.1, 0.15) is 0 Å². The van der Waals surface area contributed by atoms with E-state index in [9.17, 15) is 0 Å². The Labute approximate surface area is 105 Å². The first kappa shape index (κ1) is 13.8. The molecule has 1 unspecified atom stereocenters. The molecule has 0 amide bonds. The van der Waals surface area contributed by atoms with E-state index >= 15 is 0 Å². The lowest BCUT2D eigenvalue weighted by atomic mass is 10.2. The van der Waals surface area contributed by atoms with Gasteiger partial charge in [0.25, 0.3) is 0 Å². The Kier molecular flexibility index (Phi) is 5.23. The Morgan fingerprint density at radius 1 is 1.24 bits per heavy atom. The van der Waals surface area contributed by atoms with Gasteiger partial charge in [-0.2, -0.15) is 0 Å². The van der Waals surface area contributed by atoms with E-state index in [-0.39, 0.29) is 0 Å². The maximum Gasteiger partial charge on any atom is 0.0929 e. The fourth-order valence-electron chi connectivity index (χ4n) is 1.35. The van der Waals surface area contributed by atoms with Gasteiger partial charge in [0.15, 0.2) is 0 Å². The zero-order chi connectivity index (χ0) is 12.7. The minimum Gasteiger partial charge on any atom is -0.501 e. The van der Waals surface area contributed by atoms with E-state index in [4.69, 9.17) is 4.74 Å². The van der Waals surface area contributed by atoms with Crippen molar-refractivity contribution in [2.24, 2.45) is 0 Å². The van der Waals surface area contributed by atoms with Crippen LogP contribution in [-0.2, 0) is 4.74 Å². The summed E-state index contributed by atoms with van der Waals surface area (Å²) in [6.45, 7) is 4.85. The number of quaternary nitrogens is 1. The van der Waals surface area contributed by atoms with Crippen LogP contribution < -0.4 is 0 Å². The molecule has 1 atom stereocenters. The van der Waals surface area contributed by atoms with Crippen LogP contribution in [0.2, 0.25) is 0 Å². The molecular formula is C15H23NO+. The molecule has 2 nitrogen and oxygen atoms in total. The third kappa shape index (κ3) is 5.55. The van der Waals surface area contributed by atoms with E-state index in [1.165, 1.54) is 0 Å². The molecule has 0 aliphatic carbocycles. The molecule has 1 radical (unpaired) electrons. The molecule has 1 aromatic rings. The molecule has 1 rings (SSSR count). The summed E-state index contributed by atoms with van der Waals surface area (Å²) < 4.78 is 6.34. The second-order valence-corrected chi connectivity index (χ2v) is 5.14. The summed E-state index contributed by atoms with van der Waals surface area (Å²) in [6.07, 6.45) is 4.70. The number of benzene rings is 1. The van der Waals surface area contributed by atoms with Crippen LogP contribution in [0.15, 0.2) is 36.6 Å². The first-order chi connectivity index (χ1) is 8.00. The molecule has 0 aliphatic heterocycles. The van der Waals surface area contributed by atoms with Crippen molar-refractivity contribution in [1.29, 1.82) is 0 Å². The van der Waals surface area contributed by atoms with Gasteiger partial charge in [-0.15, -0.1) is 0 Å². The minimum atomic E-state index is 0.361. The van der Waals surface area contributed by atoms with Gasteiger partial charge in [-0.1, -0.05) is 30.3 Å². The summed E-state index contributed by atoms with van der Waals surface area (Å²) in [6, 6.07) is 10.5. The van der Waals surface area contributed by atoms with Gasteiger partial charge < -0.3 is 9.22 Å². The highest BCUT2D eigenvalue weighted by molar-refractivity contribution is 5.47. The first-order valence-corrected chi connectivity index (χ1v) is 5.97. The molecule has 0 spiro atoms. The van der Waals surface area contributed by atoms with Crippen molar-refractivity contribution in [3.63, 3.8) is 0 Å². The average molecular weight is 233 g/mol. The smallest absolute Gasteiger partial charge is 0.0929 e. The molecule has 1 aromatic carbocycles. The molecule has 0 fully saturated rings. The van der Waals surface area contributed by atoms with Crippen molar-refractivity contribution < 1.29 is 9.22 Å². The van der Waals surface area contributed by atoms with Crippen molar-refractivity contribution in [1.82, 2.24) is 0 Å². The normalized spacial score (nSPS) is 13.9. The molecule has 0 saturated carbocycles. The number of rotatable bonds is 6. The standard InChI is InChI=1S/C15H23NO/c1-14(16(2,3)4)10-12-17-13-11-15-8-6-5-7-9-15/h5-9,11,13-14H,1,10,12H2,2-4H3/q+1. The van der Waals surface area contributed by atoms with Crippen LogP contribution in [0.3, 0.4) is 0 Å². The number of hydrogen-bond acceptors (Lipinski definition) is 1. The lowest BCUT2D eigenvalue weighted by molar-refractivity contribution is -0.890. The molecular weight excluding hydrogens is 210 g/mol. The number of ether oxygens (including phenoxy) is 1. The van der Waals surface area contributed by atoms with Gasteiger partial charge >= 0.3 is 0 Å². The fourth-order valence-corrected chi connectivity index (χ4v) is 1.35. The summed E-state index contributed by atoms with van der Waals surface area (Å²) in [4.78, 5) is 0. The van der Waals surface area contributed by atoms with Crippen LogP contribution in [-0.4, -0.2) is 38.3 Å². The van der Waals surface area contributed by atoms with Gasteiger partial charge in [-0.3, -0.25) is 0 Å². The van der Waals surface area contributed by atoms with Crippen LogP contribution in [0.5, 0.6) is 0 Å². The molecule has 0 heterocycles. The van der Waals surface area contributed by atoms with Crippen molar-refractivity contribution in [3.8, 4) is 0 Å². The monoisotopic (exact) mass is 233 g/mol. The molecule has 0 aliphatic rings. The van der Waals surface area contributed by atoms with Gasteiger partial charge in [0, 0.05) is 13.3 Å². The maximum absolute atomic E-state index is 5.47. The zero-order valence-electron chi connectivity index (χ0n) is 11.1. The predicted octanol–water partition coefficient (Wildman–Crippen LogP) is 2.97. The summed E-state index contributed by atoms with van der Waals surface area (Å²) >= 11 is 0. The van der Waals surface area contributed by atoms with E-state index < -0.39 is 0 Å². The third-order valence-corrected chi connectivity index (χ3v) is 2.82. The van der Waals surface area contributed by atoms with Crippen LogP contribution in [0.4, 0.5) is 0 Å².